The third-order valence-corrected chi connectivity index (χ3v) is 5.81. The SMILES string of the molecule is COc1ccccc1-c1cn(CC[C@@H]2CC[C@@H](NC(=O)Cc3ccccn3)[C@@H](CO)O2)nn1. The third-order valence-electron chi connectivity index (χ3n) is 5.81. The van der Waals surface area contributed by atoms with Crippen molar-refractivity contribution in [2.24, 2.45) is 0 Å². The number of pyridine rings is 1. The molecular weight excluding hydrogens is 422 g/mol. The Morgan fingerprint density at radius 1 is 1.24 bits per heavy atom. The topological polar surface area (TPSA) is 111 Å². The van der Waals surface area contributed by atoms with Crippen LogP contribution in [0.1, 0.15) is 25.0 Å². The molecule has 2 aromatic heterocycles. The highest BCUT2D eigenvalue weighted by Gasteiger charge is 2.31. The Hall–Kier alpha value is -3.30. The molecule has 9 nitrogen and oxygen atoms in total. The number of aryl methyl sites for hydroxylation is 1. The van der Waals surface area contributed by atoms with E-state index in [9.17, 15) is 9.90 Å². The monoisotopic (exact) mass is 451 g/mol. The Bertz CT molecular complexity index is 1040. The smallest absolute Gasteiger partial charge is 0.226 e. The molecule has 1 aliphatic rings. The van der Waals surface area contributed by atoms with E-state index in [-0.39, 0.29) is 31.1 Å². The number of amides is 1. The molecule has 1 fully saturated rings. The van der Waals surface area contributed by atoms with Crippen molar-refractivity contribution in [1.82, 2.24) is 25.3 Å². The molecule has 3 aromatic rings. The predicted molar refractivity (Wildman–Crippen MR) is 121 cm³/mol. The summed E-state index contributed by atoms with van der Waals surface area (Å²) in [5.41, 5.74) is 2.36. The zero-order valence-electron chi connectivity index (χ0n) is 18.6. The molecule has 1 aromatic carbocycles. The van der Waals surface area contributed by atoms with Crippen molar-refractivity contribution in [2.75, 3.05) is 13.7 Å². The highest BCUT2D eigenvalue weighted by molar-refractivity contribution is 5.78. The standard InChI is InChI=1S/C24H29N5O4/c1-32-22-8-3-2-7-19(22)21-15-29(28-27-21)13-11-18-9-10-20(23(16-30)33-18)26-24(31)14-17-6-4-5-12-25-17/h2-8,12,15,18,20,23,30H,9-11,13-14,16H2,1H3,(H,26,31)/t18-,20+,23+/m0/s1. The summed E-state index contributed by atoms with van der Waals surface area (Å²) in [6.07, 6.45) is 5.58. The molecule has 0 aliphatic carbocycles. The van der Waals surface area contributed by atoms with Gasteiger partial charge in [0.2, 0.25) is 5.91 Å². The van der Waals surface area contributed by atoms with E-state index in [2.05, 4.69) is 20.6 Å². The number of rotatable bonds is 9. The lowest BCUT2D eigenvalue weighted by Gasteiger charge is -2.36. The van der Waals surface area contributed by atoms with Crippen molar-refractivity contribution >= 4 is 5.91 Å². The molecule has 9 heteroatoms. The number of ether oxygens (including phenoxy) is 2. The van der Waals surface area contributed by atoms with Crippen molar-refractivity contribution in [3.63, 3.8) is 0 Å². The molecule has 4 rings (SSSR count). The molecule has 0 spiro atoms. The molecule has 0 saturated carbocycles. The van der Waals surface area contributed by atoms with Gasteiger partial charge < -0.3 is 19.9 Å². The molecular formula is C24H29N5O4. The summed E-state index contributed by atoms with van der Waals surface area (Å²) >= 11 is 0. The summed E-state index contributed by atoms with van der Waals surface area (Å²) in [6.45, 7) is 0.494. The molecule has 2 N–H and O–H groups in total. The lowest BCUT2D eigenvalue weighted by molar-refractivity contribution is -0.128. The van der Waals surface area contributed by atoms with Crippen molar-refractivity contribution in [3.8, 4) is 17.0 Å². The minimum absolute atomic E-state index is 0.0231. The van der Waals surface area contributed by atoms with Crippen LogP contribution >= 0.6 is 0 Å². The van der Waals surface area contributed by atoms with Crippen LogP contribution in [0.5, 0.6) is 5.75 Å². The van der Waals surface area contributed by atoms with Crippen LogP contribution < -0.4 is 10.1 Å². The summed E-state index contributed by atoms with van der Waals surface area (Å²) in [5, 5.41) is 21.3. The molecule has 0 unspecified atom stereocenters. The lowest BCUT2D eigenvalue weighted by Crippen LogP contribution is -2.51. The number of hydrogen-bond donors (Lipinski definition) is 2. The normalized spacial score (nSPS) is 20.4. The number of nitrogens with zero attached hydrogens (tertiary/aromatic N) is 4. The molecule has 174 valence electrons. The van der Waals surface area contributed by atoms with Gasteiger partial charge in [-0.3, -0.25) is 14.5 Å². The van der Waals surface area contributed by atoms with E-state index in [4.69, 9.17) is 9.47 Å². The van der Waals surface area contributed by atoms with Crippen molar-refractivity contribution < 1.29 is 19.4 Å². The van der Waals surface area contributed by atoms with Gasteiger partial charge in [-0.1, -0.05) is 23.4 Å². The molecule has 1 aliphatic heterocycles. The van der Waals surface area contributed by atoms with Gasteiger partial charge in [0.05, 0.1) is 38.5 Å². The second-order valence-corrected chi connectivity index (χ2v) is 8.08. The number of nitrogens with one attached hydrogen (secondary N) is 1. The van der Waals surface area contributed by atoms with Crippen LogP contribution in [0, 0.1) is 0 Å². The fourth-order valence-corrected chi connectivity index (χ4v) is 4.10. The van der Waals surface area contributed by atoms with Gasteiger partial charge in [-0.05, 0) is 43.5 Å². The van der Waals surface area contributed by atoms with Crippen LogP contribution in [-0.4, -0.2) is 63.0 Å². The molecule has 0 bridgehead atoms. The van der Waals surface area contributed by atoms with E-state index in [1.54, 1.807) is 18.0 Å². The molecule has 33 heavy (non-hydrogen) atoms. The first-order chi connectivity index (χ1) is 16.2. The highest BCUT2D eigenvalue weighted by atomic mass is 16.5. The van der Waals surface area contributed by atoms with E-state index in [0.717, 1.165) is 36.3 Å². The van der Waals surface area contributed by atoms with E-state index < -0.39 is 6.10 Å². The van der Waals surface area contributed by atoms with E-state index in [1.165, 1.54) is 0 Å². The van der Waals surface area contributed by atoms with Gasteiger partial charge in [0.15, 0.2) is 0 Å². The number of methoxy groups -OCH3 is 1. The fraction of sp³-hybridized carbons (Fsp3) is 0.417. The van der Waals surface area contributed by atoms with Gasteiger partial charge in [0.1, 0.15) is 17.5 Å². The number of aliphatic hydroxyl groups excluding tert-OH is 1. The van der Waals surface area contributed by atoms with E-state index >= 15 is 0 Å². The van der Waals surface area contributed by atoms with Gasteiger partial charge in [-0.2, -0.15) is 0 Å². The zero-order valence-corrected chi connectivity index (χ0v) is 18.6. The Balaban J connectivity index is 1.28. The minimum Gasteiger partial charge on any atom is -0.496 e. The van der Waals surface area contributed by atoms with E-state index in [1.807, 2.05) is 48.7 Å². The summed E-state index contributed by atoms with van der Waals surface area (Å²) in [6, 6.07) is 13.0. The first-order valence-corrected chi connectivity index (χ1v) is 11.2. The molecule has 3 atom stereocenters. The van der Waals surface area contributed by atoms with Crippen molar-refractivity contribution in [2.45, 2.75) is 50.5 Å². The molecule has 3 heterocycles. The second-order valence-electron chi connectivity index (χ2n) is 8.08. The average Bonchev–Trinajstić information content (AvgIpc) is 3.33. The van der Waals surface area contributed by atoms with Crippen LogP contribution in [0.25, 0.3) is 11.3 Å². The second kappa shape index (κ2) is 11.0. The van der Waals surface area contributed by atoms with Crippen LogP contribution in [0.2, 0.25) is 0 Å². The van der Waals surface area contributed by atoms with Gasteiger partial charge in [-0.15, -0.1) is 5.10 Å². The Labute approximate surface area is 192 Å². The molecule has 1 amide bonds. The maximum Gasteiger partial charge on any atom is 0.226 e. The summed E-state index contributed by atoms with van der Waals surface area (Å²) in [7, 11) is 1.63. The lowest BCUT2D eigenvalue weighted by atomic mass is 9.97. The number of carbonyl (C=O) groups is 1. The Morgan fingerprint density at radius 2 is 2.09 bits per heavy atom. The van der Waals surface area contributed by atoms with Crippen LogP contribution in [0.4, 0.5) is 0 Å². The molecule has 0 radical (unpaired) electrons. The first-order valence-electron chi connectivity index (χ1n) is 11.2. The summed E-state index contributed by atoms with van der Waals surface area (Å²) < 4.78 is 13.3. The molecule has 1 saturated heterocycles. The fourth-order valence-electron chi connectivity index (χ4n) is 4.10. The first kappa shape index (κ1) is 22.9. The number of aromatic nitrogens is 4. The van der Waals surface area contributed by atoms with Crippen LogP contribution in [0.3, 0.4) is 0 Å². The number of hydrogen-bond acceptors (Lipinski definition) is 7. The van der Waals surface area contributed by atoms with Crippen molar-refractivity contribution in [1.29, 1.82) is 0 Å². The Morgan fingerprint density at radius 3 is 2.88 bits per heavy atom. The number of para-hydroxylation sites is 1. The maximum atomic E-state index is 12.4. The predicted octanol–water partition coefficient (Wildman–Crippen LogP) is 2.01. The largest absolute Gasteiger partial charge is 0.496 e. The van der Waals surface area contributed by atoms with Crippen LogP contribution in [0.15, 0.2) is 54.9 Å². The van der Waals surface area contributed by atoms with Gasteiger partial charge in [-0.25, -0.2) is 0 Å². The Kier molecular flexibility index (Phi) is 7.64. The highest BCUT2D eigenvalue weighted by Crippen LogP contribution is 2.28. The quantitative estimate of drug-likeness (QED) is 0.512. The summed E-state index contributed by atoms with van der Waals surface area (Å²) in [4.78, 5) is 16.6. The van der Waals surface area contributed by atoms with Gasteiger partial charge >= 0.3 is 0 Å². The zero-order chi connectivity index (χ0) is 23.0. The van der Waals surface area contributed by atoms with Gasteiger partial charge in [0.25, 0.3) is 0 Å². The maximum absolute atomic E-state index is 12.4. The minimum atomic E-state index is -0.434. The summed E-state index contributed by atoms with van der Waals surface area (Å²) in [5.74, 6) is 0.632. The van der Waals surface area contributed by atoms with E-state index in [0.29, 0.717) is 12.2 Å². The van der Waals surface area contributed by atoms with Crippen molar-refractivity contribution in [3.05, 3.63) is 60.6 Å². The number of aliphatic hydroxyl groups is 1. The third kappa shape index (κ3) is 5.94. The van der Waals surface area contributed by atoms with Crippen LogP contribution in [-0.2, 0) is 22.5 Å². The van der Waals surface area contributed by atoms with Gasteiger partial charge in [0, 0.05) is 24.0 Å². The number of benzene rings is 1. The number of carbonyl (C=O) groups excluding carboxylic acids is 1. The average molecular weight is 452 g/mol.